The minimum absolute atomic E-state index is 0.650. The van der Waals surface area contributed by atoms with Crippen LogP contribution < -0.4 is 0 Å². The number of para-hydroxylation sites is 2. The smallest absolute Gasteiger partial charge is 0.136 e. The summed E-state index contributed by atoms with van der Waals surface area (Å²) in [7, 11) is 0. The Kier molecular flexibility index (Phi) is 5.88. The number of nitrogens with zero attached hydrogens (tertiary/aromatic N) is 1. The van der Waals surface area contributed by atoms with Gasteiger partial charge in [0.25, 0.3) is 0 Å². The molecule has 0 aliphatic rings. The van der Waals surface area contributed by atoms with Gasteiger partial charge in [-0.2, -0.15) is 5.26 Å². The number of hydrogen-bond donors (Lipinski definition) is 0. The van der Waals surface area contributed by atoms with Crippen LogP contribution in [0.25, 0.3) is 88.4 Å². The molecular formula is C43H25NO2. The van der Waals surface area contributed by atoms with Crippen LogP contribution in [-0.4, -0.2) is 0 Å². The van der Waals surface area contributed by atoms with Crippen molar-refractivity contribution in [2.45, 2.75) is 0 Å². The average Bonchev–Trinajstić information content (AvgIpc) is 3.69. The molecule has 0 unspecified atom stereocenters. The molecular weight excluding hydrogens is 562 g/mol. The summed E-state index contributed by atoms with van der Waals surface area (Å²) in [6.07, 6.45) is 0. The van der Waals surface area contributed by atoms with E-state index in [0.717, 1.165) is 88.4 Å². The summed E-state index contributed by atoms with van der Waals surface area (Å²) in [5, 5.41) is 14.9. The molecule has 0 radical (unpaired) electrons. The highest BCUT2D eigenvalue weighted by Gasteiger charge is 2.18. The molecule has 214 valence electrons. The first kappa shape index (κ1) is 26.1. The molecule has 3 nitrogen and oxygen atoms in total. The first-order chi connectivity index (χ1) is 22.7. The summed E-state index contributed by atoms with van der Waals surface area (Å²) in [4.78, 5) is 0. The van der Waals surface area contributed by atoms with Crippen molar-refractivity contribution < 1.29 is 8.83 Å². The van der Waals surface area contributed by atoms with Crippen molar-refractivity contribution in [1.29, 1.82) is 5.26 Å². The molecule has 0 atom stereocenters. The first-order valence-corrected chi connectivity index (χ1v) is 15.3. The monoisotopic (exact) mass is 587 g/mol. The van der Waals surface area contributed by atoms with E-state index in [1.165, 1.54) is 0 Å². The molecule has 0 spiro atoms. The van der Waals surface area contributed by atoms with Gasteiger partial charge in [-0.3, -0.25) is 0 Å². The van der Waals surface area contributed by atoms with E-state index in [4.69, 9.17) is 8.83 Å². The Labute approximate surface area is 265 Å². The van der Waals surface area contributed by atoms with Crippen LogP contribution in [0.5, 0.6) is 0 Å². The van der Waals surface area contributed by atoms with Crippen molar-refractivity contribution in [3.05, 3.63) is 157 Å². The minimum atomic E-state index is 0.650. The second kappa shape index (κ2) is 10.4. The van der Waals surface area contributed by atoms with Crippen LogP contribution in [0.15, 0.2) is 160 Å². The van der Waals surface area contributed by atoms with Crippen molar-refractivity contribution in [2.75, 3.05) is 0 Å². The fourth-order valence-electron chi connectivity index (χ4n) is 6.80. The maximum absolute atomic E-state index is 10.5. The van der Waals surface area contributed by atoms with E-state index in [1.54, 1.807) is 0 Å². The normalized spacial score (nSPS) is 11.5. The summed E-state index contributed by atoms with van der Waals surface area (Å²) < 4.78 is 12.6. The van der Waals surface area contributed by atoms with E-state index in [1.807, 2.05) is 84.9 Å². The van der Waals surface area contributed by atoms with Gasteiger partial charge in [-0.1, -0.05) is 103 Å². The number of furan rings is 2. The van der Waals surface area contributed by atoms with Gasteiger partial charge in [0.1, 0.15) is 28.4 Å². The fraction of sp³-hybridized carbons (Fsp3) is 0. The lowest BCUT2D eigenvalue weighted by Gasteiger charge is -2.15. The van der Waals surface area contributed by atoms with E-state index in [-0.39, 0.29) is 0 Å². The van der Waals surface area contributed by atoms with Crippen molar-refractivity contribution in [2.24, 2.45) is 0 Å². The molecule has 2 aromatic heterocycles. The third-order valence-corrected chi connectivity index (χ3v) is 8.93. The molecule has 9 aromatic rings. The van der Waals surface area contributed by atoms with E-state index in [9.17, 15) is 5.26 Å². The number of nitriles is 1. The van der Waals surface area contributed by atoms with Crippen LogP contribution in [0.2, 0.25) is 0 Å². The van der Waals surface area contributed by atoms with Gasteiger partial charge < -0.3 is 8.83 Å². The van der Waals surface area contributed by atoms with Crippen LogP contribution in [-0.2, 0) is 0 Å². The van der Waals surface area contributed by atoms with Crippen LogP contribution in [0, 0.1) is 11.3 Å². The van der Waals surface area contributed by atoms with Gasteiger partial charge in [0, 0.05) is 32.7 Å². The molecule has 0 aliphatic heterocycles. The van der Waals surface area contributed by atoms with Gasteiger partial charge in [0.2, 0.25) is 0 Å². The molecule has 2 heterocycles. The SMILES string of the molecule is N#Cc1c(-c2ccccc2)cccc1-c1cc(-c2ccc3c(c2)oc2ccccc23)cc(-c2cccc3oc4ccccc4c23)c1. The molecule has 46 heavy (non-hydrogen) atoms. The second-order valence-electron chi connectivity index (χ2n) is 11.6. The number of hydrogen-bond acceptors (Lipinski definition) is 3. The zero-order valence-corrected chi connectivity index (χ0v) is 24.7. The highest BCUT2D eigenvalue weighted by molar-refractivity contribution is 6.13. The van der Waals surface area contributed by atoms with Crippen LogP contribution in [0.3, 0.4) is 0 Å². The molecule has 3 heteroatoms. The third kappa shape index (κ3) is 4.13. The van der Waals surface area contributed by atoms with Crippen LogP contribution in [0.4, 0.5) is 0 Å². The van der Waals surface area contributed by atoms with Gasteiger partial charge in [-0.25, -0.2) is 0 Å². The lowest BCUT2D eigenvalue weighted by molar-refractivity contribution is 0.668. The summed E-state index contributed by atoms with van der Waals surface area (Å²) in [6, 6.07) is 54.3. The zero-order valence-electron chi connectivity index (χ0n) is 24.7. The average molecular weight is 588 g/mol. The number of fused-ring (bicyclic) bond motifs is 6. The highest BCUT2D eigenvalue weighted by atomic mass is 16.3. The summed E-state index contributed by atoms with van der Waals surface area (Å²) in [5.41, 5.74) is 12.1. The molecule has 0 amide bonds. The molecule has 7 aromatic carbocycles. The van der Waals surface area contributed by atoms with E-state index >= 15 is 0 Å². The lowest BCUT2D eigenvalue weighted by atomic mass is 9.88. The summed E-state index contributed by atoms with van der Waals surface area (Å²) >= 11 is 0. The van der Waals surface area contributed by atoms with Crippen molar-refractivity contribution in [1.82, 2.24) is 0 Å². The summed E-state index contributed by atoms with van der Waals surface area (Å²) in [5.74, 6) is 0. The maximum Gasteiger partial charge on any atom is 0.136 e. The van der Waals surface area contributed by atoms with Crippen molar-refractivity contribution in [3.63, 3.8) is 0 Å². The highest BCUT2D eigenvalue weighted by Crippen LogP contribution is 2.42. The van der Waals surface area contributed by atoms with Gasteiger partial charge in [0.15, 0.2) is 0 Å². The predicted octanol–water partition coefficient (Wildman–Crippen LogP) is 12.0. The molecule has 0 saturated heterocycles. The topological polar surface area (TPSA) is 50.1 Å². The second-order valence-corrected chi connectivity index (χ2v) is 11.6. The number of benzene rings is 7. The Morgan fingerprint density at radius 2 is 0.935 bits per heavy atom. The quantitative estimate of drug-likeness (QED) is 0.206. The lowest BCUT2D eigenvalue weighted by Crippen LogP contribution is -1.92. The Balaban J connectivity index is 1.32. The number of rotatable bonds is 4. The Hall–Kier alpha value is -6.37. The van der Waals surface area contributed by atoms with Gasteiger partial charge in [-0.05, 0) is 81.9 Å². The van der Waals surface area contributed by atoms with Crippen LogP contribution >= 0.6 is 0 Å². The first-order valence-electron chi connectivity index (χ1n) is 15.3. The standard InChI is InChI=1S/C43H25NO2/c44-26-38-32(27-10-2-1-3-11-27)14-8-15-33(38)30-22-29(28-20-21-36-35-12-4-6-17-39(35)46-42(36)25-28)23-31(24-30)34-16-9-19-41-43(34)37-13-5-7-18-40(37)45-41/h1-25H. The van der Waals surface area contributed by atoms with E-state index in [0.29, 0.717) is 5.56 Å². The Morgan fingerprint density at radius 1 is 0.370 bits per heavy atom. The molecule has 9 rings (SSSR count). The largest absolute Gasteiger partial charge is 0.456 e. The summed E-state index contributed by atoms with van der Waals surface area (Å²) in [6.45, 7) is 0. The maximum atomic E-state index is 10.5. The molecule has 0 fully saturated rings. The predicted molar refractivity (Wildman–Crippen MR) is 187 cm³/mol. The zero-order chi connectivity index (χ0) is 30.6. The van der Waals surface area contributed by atoms with Gasteiger partial charge in [-0.15, -0.1) is 0 Å². The third-order valence-electron chi connectivity index (χ3n) is 8.93. The molecule has 0 saturated carbocycles. The fourth-order valence-corrected chi connectivity index (χ4v) is 6.80. The Morgan fingerprint density at radius 3 is 1.74 bits per heavy atom. The van der Waals surface area contributed by atoms with Gasteiger partial charge in [0.05, 0.1) is 5.56 Å². The van der Waals surface area contributed by atoms with Gasteiger partial charge >= 0.3 is 0 Å². The van der Waals surface area contributed by atoms with E-state index in [2.05, 4.69) is 72.8 Å². The minimum Gasteiger partial charge on any atom is -0.456 e. The van der Waals surface area contributed by atoms with Crippen molar-refractivity contribution >= 4 is 43.9 Å². The molecule has 0 aliphatic carbocycles. The molecule has 0 N–H and O–H groups in total. The van der Waals surface area contributed by atoms with Crippen molar-refractivity contribution in [3.8, 4) is 50.6 Å². The molecule has 0 bridgehead atoms. The Bertz CT molecular complexity index is 2650. The van der Waals surface area contributed by atoms with Crippen LogP contribution in [0.1, 0.15) is 5.56 Å². The van der Waals surface area contributed by atoms with E-state index < -0.39 is 0 Å².